The van der Waals surface area contributed by atoms with E-state index < -0.39 is 0 Å². The molecule has 1 aromatic heterocycles. The number of carbonyl (C=O) groups excluding carboxylic acids is 1. The van der Waals surface area contributed by atoms with Gasteiger partial charge >= 0.3 is 0 Å². The van der Waals surface area contributed by atoms with Crippen molar-refractivity contribution in [2.24, 2.45) is 0 Å². The molecule has 1 aromatic carbocycles. The van der Waals surface area contributed by atoms with Gasteiger partial charge < -0.3 is 19.8 Å². The lowest BCUT2D eigenvalue weighted by molar-refractivity contribution is -0.135. The van der Waals surface area contributed by atoms with Gasteiger partial charge in [0.2, 0.25) is 11.1 Å². The number of hydrogen-bond acceptors (Lipinski definition) is 7. The van der Waals surface area contributed by atoms with Gasteiger partial charge in [-0.3, -0.25) is 4.79 Å². The Morgan fingerprint density at radius 3 is 2.85 bits per heavy atom. The van der Waals surface area contributed by atoms with Gasteiger partial charge in [-0.25, -0.2) is 4.68 Å². The summed E-state index contributed by atoms with van der Waals surface area (Å²) in [6.45, 7) is 4.18. The number of aryl methyl sites for hydroxylation is 1. The molecular weight excluding hydrogens is 390 g/mol. The lowest BCUT2D eigenvalue weighted by Gasteiger charge is -2.37. The van der Waals surface area contributed by atoms with Crippen LogP contribution in [0.1, 0.15) is 17.4 Å². The zero-order valence-electron chi connectivity index (χ0n) is 15.0. The summed E-state index contributed by atoms with van der Waals surface area (Å²) in [6.07, 6.45) is 0. The topological polar surface area (TPSA) is 81.5 Å². The first-order valence-corrected chi connectivity index (χ1v) is 9.89. The zero-order valence-corrected chi connectivity index (χ0v) is 16.6. The number of amides is 1. The van der Waals surface area contributed by atoms with Crippen LogP contribution in [-0.4, -0.2) is 64.3 Å². The highest BCUT2D eigenvalue weighted by Gasteiger charge is 2.40. The fraction of sp³-hybridized carbons (Fsp3) is 0.471. The van der Waals surface area contributed by atoms with E-state index in [9.17, 15) is 4.79 Å². The third-order valence-electron chi connectivity index (χ3n) is 4.70. The van der Waals surface area contributed by atoms with E-state index in [0.717, 1.165) is 11.4 Å². The molecule has 144 valence electrons. The number of hydrogen-bond donors (Lipinski definition) is 1. The average molecular weight is 410 g/mol. The van der Waals surface area contributed by atoms with Crippen molar-refractivity contribution in [1.29, 1.82) is 0 Å². The summed E-state index contributed by atoms with van der Waals surface area (Å²) in [6, 6.07) is 5.29. The van der Waals surface area contributed by atoms with Crippen molar-refractivity contribution in [2.45, 2.75) is 23.4 Å². The number of fused-ring (bicyclic) bond motifs is 1. The average Bonchev–Trinajstić information content (AvgIpc) is 3.07. The lowest BCUT2D eigenvalue weighted by Crippen LogP contribution is -2.49. The highest BCUT2D eigenvalue weighted by molar-refractivity contribution is 8.00. The number of nitrogens with zero attached hydrogens (tertiary/aromatic N) is 4. The summed E-state index contributed by atoms with van der Waals surface area (Å²) in [7, 11) is 1.58. The van der Waals surface area contributed by atoms with Gasteiger partial charge in [-0.2, -0.15) is 0 Å². The van der Waals surface area contributed by atoms with Crippen LogP contribution in [0.15, 0.2) is 23.4 Å². The van der Waals surface area contributed by atoms with Gasteiger partial charge in [0.15, 0.2) is 0 Å². The quantitative estimate of drug-likeness (QED) is 0.828. The standard InChI is InChI=1S/C17H20ClN5O3S/c1-10-19-20-17-23(10)21-14(11-3-4-13(25-2)12(18)9-11)15(27-17)16(24)22-5-7-26-8-6-22/h3-4,9,14-15,21H,5-8H2,1-2H3/t14-,15-/m0/s1. The summed E-state index contributed by atoms with van der Waals surface area (Å²) in [5.74, 6) is 1.39. The Kier molecular flexibility index (Phi) is 5.16. The van der Waals surface area contributed by atoms with Crippen molar-refractivity contribution in [2.75, 3.05) is 38.8 Å². The second kappa shape index (κ2) is 7.57. The molecule has 1 fully saturated rings. The van der Waals surface area contributed by atoms with E-state index in [1.807, 2.05) is 34.7 Å². The molecule has 0 bridgehead atoms. The summed E-state index contributed by atoms with van der Waals surface area (Å²) < 4.78 is 12.4. The molecule has 2 aliphatic rings. The number of aromatic nitrogens is 3. The Hall–Kier alpha value is -1.97. The van der Waals surface area contributed by atoms with Crippen molar-refractivity contribution in [3.63, 3.8) is 0 Å². The maximum atomic E-state index is 13.3. The molecule has 0 saturated carbocycles. The zero-order chi connectivity index (χ0) is 19.0. The summed E-state index contributed by atoms with van der Waals surface area (Å²) in [5, 5.41) is 9.09. The number of nitrogens with one attached hydrogen (secondary N) is 1. The fourth-order valence-corrected chi connectivity index (χ4v) is 4.71. The molecule has 1 N–H and O–H groups in total. The molecule has 0 spiro atoms. The second-order valence-electron chi connectivity index (χ2n) is 6.34. The monoisotopic (exact) mass is 409 g/mol. The maximum absolute atomic E-state index is 13.3. The van der Waals surface area contributed by atoms with E-state index in [-0.39, 0.29) is 17.2 Å². The van der Waals surface area contributed by atoms with Crippen LogP contribution in [0, 0.1) is 6.92 Å². The maximum Gasteiger partial charge on any atom is 0.238 e. The van der Waals surface area contributed by atoms with E-state index >= 15 is 0 Å². The number of thioether (sulfide) groups is 1. The van der Waals surface area contributed by atoms with Crippen LogP contribution in [0.25, 0.3) is 0 Å². The van der Waals surface area contributed by atoms with Crippen LogP contribution < -0.4 is 10.2 Å². The first-order chi connectivity index (χ1) is 13.1. The predicted octanol–water partition coefficient (Wildman–Crippen LogP) is 1.87. The predicted molar refractivity (Wildman–Crippen MR) is 102 cm³/mol. The summed E-state index contributed by atoms with van der Waals surface area (Å²) >= 11 is 7.75. The minimum Gasteiger partial charge on any atom is -0.495 e. The van der Waals surface area contributed by atoms with E-state index in [1.54, 1.807) is 7.11 Å². The van der Waals surface area contributed by atoms with Gasteiger partial charge in [0.25, 0.3) is 0 Å². The number of halogens is 1. The minimum absolute atomic E-state index is 0.0552. The Bertz CT molecular complexity index is 855. The van der Waals surface area contributed by atoms with Crippen molar-refractivity contribution < 1.29 is 14.3 Å². The SMILES string of the molecule is COc1ccc([C@@H]2Nn3c(C)nnc3S[C@@H]2C(=O)N2CCOCC2)cc1Cl. The number of carbonyl (C=O) groups is 1. The van der Waals surface area contributed by atoms with E-state index in [4.69, 9.17) is 21.1 Å². The molecule has 2 aromatic rings. The molecule has 8 nitrogen and oxygen atoms in total. The Labute approximate surface area is 166 Å². The molecular formula is C17H20ClN5O3S. The number of rotatable bonds is 3. The molecule has 1 amide bonds. The first-order valence-electron chi connectivity index (χ1n) is 8.63. The van der Waals surface area contributed by atoms with Crippen molar-refractivity contribution in [1.82, 2.24) is 19.8 Å². The summed E-state index contributed by atoms with van der Waals surface area (Å²) in [4.78, 5) is 15.1. The van der Waals surface area contributed by atoms with E-state index in [2.05, 4.69) is 15.6 Å². The third-order valence-corrected chi connectivity index (χ3v) is 6.20. The number of methoxy groups -OCH3 is 1. The highest BCUT2D eigenvalue weighted by atomic mass is 35.5. The second-order valence-corrected chi connectivity index (χ2v) is 7.86. The molecule has 0 aliphatic carbocycles. The Morgan fingerprint density at radius 1 is 1.37 bits per heavy atom. The van der Waals surface area contributed by atoms with E-state index in [1.165, 1.54) is 11.8 Å². The van der Waals surface area contributed by atoms with Gasteiger partial charge in [-0.1, -0.05) is 29.4 Å². The molecule has 4 rings (SSSR count). The normalized spacial score (nSPS) is 22.1. The Morgan fingerprint density at radius 2 is 2.15 bits per heavy atom. The highest BCUT2D eigenvalue weighted by Crippen LogP contribution is 2.39. The molecule has 3 heterocycles. The van der Waals surface area contributed by atoms with Crippen LogP contribution in [0.5, 0.6) is 5.75 Å². The van der Waals surface area contributed by atoms with Crippen LogP contribution >= 0.6 is 23.4 Å². The van der Waals surface area contributed by atoms with Crippen LogP contribution in [0.2, 0.25) is 5.02 Å². The molecule has 2 aliphatic heterocycles. The lowest BCUT2D eigenvalue weighted by atomic mass is 10.0. The number of morpholine rings is 1. The summed E-state index contributed by atoms with van der Waals surface area (Å²) in [5.41, 5.74) is 4.29. The largest absolute Gasteiger partial charge is 0.495 e. The molecule has 1 saturated heterocycles. The van der Waals surface area contributed by atoms with Crippen LogP contribution in [-0.2, 0) is 9.53 Å². The van der Waals surface area contributed by atoms with Crippen molar-refractivity contribution >= 4 is 29.3 Å². The molecule has 2 atom stereocenters. The van der Waals surface area contributed by atoms with Crippen LogP contribution in [0.3, 0.4) is 0 Å². The fourth-order valence-electron chi connectivity index (χ4n) is 3.24. The molecule has 27 heavy (non-hydrogen) atoms. The smallest absolute Gasteiger partial charge is 0.238 e. The first kappa shape index (κ1) is 18.4. The van der Waals surface area contributed by atoms with Crippen molar-refractivity contribution in [3.8, 4) is 5.75 Å². The van der Waals surface area contributed by atoms with E-state index in [0.29, 0.717) is 42.2 Å². The molecule has 0 radical (unpaired) electrons. The third kappa shape index (κ3) is 3.46. The Balaban J connectivity index is 1.69. The van der Waals surface area contributed by atoms with Crippen molar-refractivity contribution in [3.05, 3.63) is 34.6 Å². The molecule has 0 unspecified atom stereocenters. The number of ether oxygens (including phenoxy) is 2. The van der Waals surface area contributed by atoms with Gasteiger partial charge in [-0.05, 0) is 24.6 Å². The van der Waals surface area contributed by atoms with Gasteiger partial charge in [-0.15, -0.1) is 10.2 Å². The molecule has 10 heteroatoms. The number of benzene rings is 1. The van der Waals surface area contributed by atoms with Gasteiger partial charge in [0, 0.05) is 13.1 Å². The minimum atomic E-state index is -0.385. The van der Waals surface area contributed by atoms with Gasteiger partial charge in [0.1, 0.15) is 16.8 Å². The van der Waals surface area contributed by atoms with Crippen LogP contribution in [0.4, 0.5) is 0 Å². The van der Waals surface area contributed by atoms with Gasteiger partial charge in [0.05, 0.1) is 31.4 Å².